The van der Waals surface area contributed by atoms with Gasteiger partial charge in [-0.05, 0) is 86.2 Å². The van der Waals surface area contributed by atoms with E-state index in [1.165, 1.54) is 0 Å². The van der Waals surface area contributed by atoms with Crippen LogP contribution in [0.15, 0.2) is 67.0 Å². The van der Waals surface area contributed by atoms with E-state index in [2.05, 4.69) is 10.3 Å². The van der Waals surface area contributed by atoms with Crippen LogP contribution in [-0.2, 0) is 13.2 Å². The van der Waals surface area contributed by atoms with E-state index in [0.29, 0.717) is 48.4 Å². The summed E-state index contributed by atoms with van der Waals surface area (Å²) in [5.41, 5.74) is 3.23. The van der Waals surface area contributed by atoms with Crippen molar-refractivity contribution in [2.45, 2.75) is 57.8 Å². The predicted octanol–water partition coefficient (Wildman–Crippen LogP) is 4.76. The second-order valence-corrected chi connectivity index (χ2v) is 9.35. The molecule has 36 heavy (non-hydrogen) atoms. The molecule has 0 unspecified atom stereocenters. The van der Waals surface area contributed by atoms with Crippen LogP contribution in [0.3, 0.4) is 0 Å². The molecule has 5 rings (SSSR count). The van der Waals surface area contributed by atoms with Crippen LogP contribution in [0.1, 0.15) is 64.4 Å². The van der Waals surface area contributed by atoms with Crippen LogP contribution in [0.4, 0.5) is 0 Å². The molecule has 1 aromatic heterocycles. The number of nitrogens with one attached hydrogen (secondary N) is 1. The Hall–Kier alpha value is -3.87. The topological polar surface area (TPSA) is 80.8 Å². The lowest BCUT2D eigenvalue weighted by molar-refractivity contribution is 0.0729. The number of aromatic nitrogens is 1. The van der Waals surface area contributed by atoms with Gasteiger partial charge in [0.1, 0.15) is 6.61 Å². The largest absolute Gasteiger partial charge is 0.490 e. The van der Waals surface area contributed by atoms with Crippen molar-refractivity contribution < 1.29 is 19.1 Å². The van der Waals surface area contributed by atoms with E-state index >= 15 is 0 Å². The van der Waals surface area contributed by atoms with Gasteiger partial charge in [0.05, 0.1) is 6.61 Å². The minimum absolute atomic E-state index is 0.0327. The second kappa shape index (κ2) is 10.8. The van der Waals surface area contributed by atoms with Crippen LogP contribution in [0, 0.1) is 0 Å². The maximum Gasteiger partial charge on any atom is 0.254 e. The Morgan fingerprint density at radius 1 is 0.889 bits per heavy atom. The van der Waals surface area contributed by atoms with Crippen LogP contribution in [0.2, 0.25) is 0 Å². The molecular formula is C29H31N3O4. The van der Waals surface area contributed by atoms with Crippen molar-refractivity contribution in [3.8, 4) is 11.5 Å². The number of rotatable bonds is 11. The first-order chi connectivity index (χ1) is 17.6. The van der Waals surface area contributed by atoms with Gasteiger partial charge in [-0.25, -0.2) is 0 Å². The molecule has 2 saturated carbocycles. The smallest absolute Gasteiger partial charge is 0.254 e. The lowest BCUT2D eigenvalue weighted by atomic mass is 10.1. The molecular weight excluding hydrogens is 454 g/mol. The lowest BCUT2D eigenvalue weighted by Crippen LogP contribution is -2.32. The maximum absolute atomic E-state index is 13.5. The Morgan fingerprint density at radius 2 is 1.61 bits per heavy atom. The summed E-state index contributed by atoms with van der Waals surface area (Å²) in [6.07, 6.45) is 7.58. The van der Waals surface area contributed by atoms with Crippen molar-refractivity contribution in [3.05, 3.63) is 89.2 Å². The normalized spacial score (nSPS) is 14.7. The molecule has 3 aromatic rings. The van der Waals surface area contributed by atoms with Crippen molar-refractivity contribution in [1.82, 2.24) is 15.2 Å². The average Bonchev–Trinajstić information content (AvgIpc) is 3.83. The number of hydrogen-bond acceptors (Lipinski definition) is 5. The average molecular weight is 486 g/mol. The fraction of sp³-hybridized carbons (Fsp3) is 0.345. The Morgan fingerprint density at radius 3 is 2.28 bits per heavy atom. The predicted molar refractivity (Wildman–Crippen MR) is 136 cm³/mol. The molecule has 0 spiro atoms. The van der Waals surface area contributed by atoms with Gasteiger partial charge in [-0.2, -0.15) is 0 Å². The third-order valence-corrected chi connectivity index (χ3v) is 6.36. The van der Waals surface area contributed by atoms with E-state index < -0.39 is 0 Å². The number of pyridine rings is 1. The minimum Gasteiger partial charge on any atom is -0.490 e. The van der Waals surface area contributed by atoms with Crippen molar-refractivity contribution in [1.29, 1.82) is 0 Å². The van der Waals surface area contributed by atoms with Crippen molar-refractivity contribution >= 4 is 11.8 Å². The third-order valence-electron chi connectivity index (χ3n) is 6.36. The number of ether oxygens (including phenoxy) is 2. The van der Waals surface area contributed by atoms with E-state index in [0.717, 1.165) is 36.8 Å². The van der Waals surface area contributed by atoms with E-state index in [4.69, 9.17) is 9.47 Å². The summed E-state index contributed by atoms with van der Waals surface area (Å²) in [5.74, 6) is 1.09. The van der Waals surface area contributed by atoms with Gasteiger partial charge in [-0.15, -0.1) is 0 Å². The van der Waals surface area contributed by atoms with Crippen LogP contribution in [0.25, 0.3) is 0 Å². The summed E-state index contributed by atoms with van der Waals surface area (Å²) in [6.45, 7) is 3.26. The summed E-state index contributed by atoms with van der Waals surface area (Å²) in [5, 5.41) is 3.01. The summed E-state index contributed by atoms with van der Waals surface area (Å²) < 4.78 is 11.8. The van der Waals surface area contributed by atoms with E-state index in [1.807, 2.05) is 48.2 Å². The number of carbonyl (C=O) groups is 2. The zero-order valence-corrected chi connectivity index (χ0v) is 20.5. The van der Waals surface area contributed by atoms with Crippen LogP contribution in [-0.4, -0.2) is 40.4 Å². The molecule has 7 nitrogen and oxygen atoms in total. The van der Waals surface area contributed by atoms with Gasteiger partial charge in [0.2, 0.25) is 0 Å². The highest BCUT2D eigenvalue weighted by Crippen LogP contribution is 2.33. The zero-order chi connectivity index (χ0) is 24.9. The molecule has 7 heteroatoms. The van der Waals surface area contributed by atoms with Crippen LogP contribution in [0.5, 0.6) is 11.5 Å². The summed E-state index contributed by atoms with van der Waals surface area (Å²) in [7, 11) is 0. The molecule has 0 aliphatic heterocycles. The fourth-order valence-electron chi connectivity index (χ4n) is 4.04. The van der Waals surface area contributed by atoms with Crippen LogP contribution >= 0.6 is 0 Å². The second-order valence-electron chi connectivity index (χ2n) is 9.35. The van der Waals surface area contributed by atoms with Crippen LogP contribution < -0.4 is 14.8 Å². The van der Waals surface area contributed by atoms with Gasteiger partial charge >= 0.3 is 0 Å². The maximum atomic E-state index is 13.5. The molecule has 2 aliphatic carbocycles. The molecule has 2 fully saturated rings. The quantitative estimate of drug-likeness (QED) is 0.424. The van der Waals surface area contributed by atoms with Gasteiger partial charge in [0.15, 0.2) is 11.5 Å². The first-order valence-electron chi connectivity index (χ1n) is 12.6. The van der Waals surface area contributed by atoms with Gasteiger partial charge < -0.3 is 19.7 Å². The van der Waals surface area contributed by atoms with Crippen molar-refractivity contribution in [3.63, 3.8) is 0 Å². The van der Waals surface area contributed by atoms with E-state index in [-0.39, 0.29) is 17.9 Å². The lowest BCUT2D eigenvalue weighted by Gasteiger charge is -2.23. The first-order valence-corrected chi connectivity index (χ1v) is 12.6. The molecule has 2 amide bonds. The Balaban J connectivity index is 1.28. The first kappa shape index (κ1) is 23.9. The molecule has 0 atom stereocenters. The summed E-state index contributed by atoms with van der Waals surface area (Å²) in [6, 6.07) is 17.3. The highest BCUT2D eigenvalue weighted by atomic mass is 16.5. The van der Waals surface area contributed by atoms with Gasteiger partial charge in [-0.1, -0.05) is 12.1 Å². The number of hydrogen-bond donors (Lipinski definition) is 1. The minimum atomic E-state index is -0.0335. The standard InChI is InChI=1S/C29H31N3O4/c1-2-35-27-17-23(7-12-26(27)36-19-21-13-15-30-16-14-21)29(34)32(25-10-11-25)18-20-3-5-22(6-4-20)28(33)31-24-8-9-24/h3-7,12-17,24-25H,2,8-11,18-19H2,1H3,(H,31,33). The molecule has 2 aliphatic rings. The van der Waals surface area contributed by atoms with Crippen molar-refractivity contribution in [2.75, 3.05) is 6.61 Å². The number of benzene rings is 2. The monoisotopic (exact) mass is 485 g/mol. The molecule has 1 N–H and O–H groups in total. The van der Waals surface area contributed by atoms with Crippen molar-refractivity contribution in [2.24, 2.45) is 0 Å². The zero-order valence-electron chi connectivity index (χ0n) is 20.5. The van der Waals surface area contributed by atoms with Gasteiger partial charge in [-0.3, -0.25) is 14.6 Å². The Kier molecular flexibility index (Phi) is 7.16. The Bertz CT molecular complexity index is 1200. The summed E-state index contributed by atoms with van der Waals surface area (Å²) in [4.78, 5) is 31.8. The highest BCUT2D eigenvalue weighted by Gasteiger charge is 2.33. The van der Waals surface area contributed by atoms with Gasteiger partial charge in [0, 0.05) is 42.1 Å². The number of amides is 2. The van der Waals surface area contributed by atoms with E-state index in [1.54, 1.807) is 30.6 Å². The molecule has 0 radical (unpaired) electrons. The molecule has 0 bridgehead atoms. The molecule has 186 valence electrons. The third kappa shape index (κ3) is 6.03. The Labute approximate surface area is 211 Å². The highest BCUT2D eigenvalue weighted by molar-refractivity contribution is 5.96. The SMILES string of the molecule is CCOc1cc(C(=O)N(Cc2ccc(C(=O)NC3CC3)cc2)C2CC2)ccc1OCc1ccncc1. The molecule has 1 heterocycles. The fourth-order valence-corrected chi connectivity index (χ4v) is 4.04. The molecule has 2 aromatic carbocycles. The summed E-state index contributed by atoms with van der Waals surface area (Å²) >= 11 is 0. The number of carbonyl (C=O) groups excluding carboxylic acids is 2. The van der Waals surface area contributed by atoms with Gasteiger partial charge in [0.25, 0.3) is 11.8 Å². The number of nitrogens with zero attached hydrogens (tertiary/aromatic N) is 2. The molecule has 0 saturated heterocycles. The van der Waals surface area contributed by atoms with E-state index in [9.17, 15) is 9.59 Å².